The average Bonchev–Trinajstić information content (AvgIpc) is 2.00. The van der Waals surface area contributed by atoms with Crippen LogP contribution in [0.1, 0.15) is 39.5 Å². The number of hydrogen-bond donors (Lipinski definition) is 0. The van der Waals surface area contributed by atoms with Gasteiger partial charge in [-0.2, -0.15) is 0 Å². The first-order chi connectivity index (χ1) is 5.22. The van der Waals surface area contributed by atoms with Crippen LogP contribution < -0.4 is 0 Å². The second-order valence-corrected chi connectivity index (χ2v) is 5.16. The Balaban J connectivity index is 3.47. The van der Waals surface area contributed by atoms with E-state index in [9.17, 15) is 4.21 Å². The molecular formula is C8H17ClOS. The van der Waals surface area contributed by atoms with E-state index in [1.807, 2.05) is 0 Å². The van der Waals surface area contributed by atoms with Crippen LogP contribution in [0.2, 0.25) is 0 Å². The summed E-state index contributed by atoms with van der Waals surface area (Å²) in [5.41, 5.74) is 0. The van der Waals surface area contributed by atoms with Gasteiger partial charge in [0.25, 0.3) is 0 Å². The lowest BCUT2D eigenvalue weighted by Gasteiger charge is -2.06. The molecule has 0 N–H and O–H groups in total. The zero-order valence-corrected chi connectivity index (χ0v) is 8.88. The largest absolute Gasteiger partial charge is 0.258 e. The SMILES string of the molecule is CCCC[S@](=O)[C@@H](Cl)CCC. The molecule has 0 aliphatic rings. The van der Waals surface area contributed by atoms with Gasteiger partial charge < -0.3 is 0 Å². The topological polar surface area (TPSA) is 17.1 Å². The molecule has 11 heavy (non-hydrogen) atoms. The summed E-state index contributed by atoms with van der Waals surface area (Å²) in [6.07, 6.45) is 4.02. The first-order valence-corrected chi connectivity index (χ1v) is 6.05. The third-order valence-corrected chi connectivity index (χ3v) is 3.81. The Kier molecular flexibility index (Phi) is 7.39. The van der Waals surface area contributed by atoms with Gasteiger partial charge in [0.2, 0.25) is 0 Å². The summed E-state index contributed by atoms with van der Waals surface area (Å²) >= 11 is 5.87. The van der Waals surface area contributed by atoms with Crippen LogP contribution in [0.15, 0.2) is 0 Å². The molecular weight excluding hydrogens is 180 g/mol. The summed E-state index contributed by atoms with van der Waals surface area (Å²) in [4.78, 5) is 0. The van der Waals surface area contributed by atoms with Gasteiger partial charge in [-0.1, -0.05) is 26.7 Å². The van der Waals surface area contributed by atoms with Gasteiger partial charge in [0.15, 0.2) is 0 Å². The van der Waals surface area contributed by atoms with Gasteiger partial charge in [0.1, 0.15) is 4.71 Å². The number of rotatable bonds is 6. The molecule has 0 aromatic heterocycles. The van der Waals surface area contributed by atoms with Gasteiger partial charge >= 0.3 is 0 Å². The molecule has 0 fully saturated rings. The summed E-state index contributed by atoms with van der Waals surface area (Å²) in [6, 6.07) is 0. The highest BCUT2D eigenvalue weighted by Gasteiger charge is 2.10. The maximum absolute atomic E-state index is 11.3. The van der Waals surface area contributed by atoms with Gasteiger partial charge in [0, 0.05) is 16.6 Å². The molecule has 0 bridgehead atoms. The molecule has 68 valence electrons. The highest BCUT2D eigenvalue weighted by Crippen LogP contribution is 2.11. The van der Waals surface area contributed by atoms with Crippen molar-refractivity contribution in [1.82, 2.24) is 0 Å². The monoisotopic (exact) mass is 196 g/mol. The van der Waals surface area contributed by atoms with Crippen LogP contribution in [0.3, 0.4) is 0 Å². The molecule has 1 nitrogen and oxygen atoms in total. The summed E-state index contributed by atoms with van der Waals surface area (Å²) in [7, 11) is -0.799. The summed E-state index contributed by atoms with van der Waals surface area (Å²) < 4.78 is 11.2. The van der Waals surface area contributed by atoms with Crippen molar-refractivity contribution in [2.45, 2.75) is 44.2 Å². The van der Waals surface area contributed by atoms with Crippen LogP contribution in [-0.4, -0.2) is 14.7 Å². The van der Waals surface area contributed by atoms with Crippen LogP contribution in [0.5, 0.6) is 0 Å². The van der Waals surface area contributed by atoms with E-state index in [-0.39, 0.29) is 4.71 Å². The number of halogens is 1. The Labute approximate surface area is 77.0 Å². The summed E-state index contributed by atoms with van der Waals surface area (Å²) in [5.74, 6) is 0.769. The van der Waals surface area contributed by atoms with Crippen molar-refractivity contribution in [3.05, 3.63) is 0 Å². The third-order valence-electron chi connectivity index (χ3n) is 1.50. The Bertz CT molecular complexity index is 117. The van der Waals surface area contributed by atoms with Crippen molar-refractivity contribution in [3.8, 4) is 0 Å². The number of unbranched alkanes of at least 4 members (excludes halogenated alkanes) is 1. The van der Waals surface area contributed by atoms with E-state index in [4.69, 9.17) is 11.6 Å². The van der Waals surface area contributed by atoms with Crippen molar-refractivity contribution in [1.29, 1.82) is 0 Å². The van der Waals surface area contributed by atoms with E-state index in [1.54, 1.807) is 0 Å². The molecule has 0 spiro atoms. The lowest BCUT2D eigenvalue weighted by molar-refractivity contribution is 0.672. The van der Waals surface area contributed by atoms with Crippen LogP contribution in [-0.2, 0) is 10.8 Å². The Morgan fingerprint density at radius 3 is 2.45 bits per heavy atom. The molecule has 0 aromatic rings. The second-order valence-electron chi connectivity index (χ2n) is 2.64. The molecule has 0 unspecified atom stereocenters. The maximum atomic E-state index is 11.3. The average molecular weight is 197 g/mol. The normalized spacial score (nSPS) is 16.3. The van der Waals surface area contributed by atoms with Crippen LogP contribution in [0.25, 0.3) is 0 Å². The first kappa shape index (κ1) is 11.4. The van der Waals surface area contributed by atoms with E-state index in [2.05, 4.69) is 13.8 Å². The van der Waals surface area contributed by atoms with Gasteiger partial charge in [0.05, 0.1) is 0 Å². The molecule has 3 heteroatoms. The first-order valence-electron chi connectivity index (χ1n) is 4.23. The van der Waals surface area contributed by atoms with Crippen LogP contribution in [0, 0.1) is 0 Å². The Morgan fingerprint density at radius 1 is 1.36 bits per heavy atom. The fourth-order valence-corrected chi connectivity index (χ4v) is 2.59. The van der Waals surface area contributed by atoms with Gasteiger partial charge in [-0.3, -0.25) is 4.21 Å². The third kappa shape index (κ3) is 5.68. The molecule has 0 aromatic carbocycles. The number of hydrogen-bond acceptors (Lipinski definition) is 1. The fourth-order valence-electron chi connectivity index (χ4n) is 0.773. The highest BCUT2D eigenvalue weighted by molar-refractivity contribution is 7.86. The predicted octanol–water partition coefficient (Wildman–Crippen LogP) is 2.90. The summed E-state index contributed by atoms with van der Waals surface area (Å²) in [6.45, 7) is 4.16. The van der Waals surface area contributed by atoms with E-state index in [0.717, 1.165) is 31.4 Å². The molecule has 0 amide bonds. The predicted molar refractivity (Wildman–Crippen MR) is 52.5 cm³/mol. The lowest BCUT2D eigenvalue weighted by atomic mass is 10.4. The van der Waals surface area contributed by atoms with Crippen molar-refractivity contribution in [2.75, 3.05) is 5.75 Å². The minimum atomic E-state index is -0.799. The lowest BCUT2D eigenvalue weighted by Crippen LogP contribution is -2.10. The Morgan fingerprint density at radius 2 is 2.00 bits per heavy atom. The summed E-state index contributed by atoms with van der Waals surface area (Å²) in [5, 5.41) is 0. The van der Waals surface area contributed by atoms with Gasteiger partial charge in [-0.15, -0.1) is 11.6 Å². The van der Waals surface area contributed by atoms with Gasteiger partial charge in [-0.25, -0.2) is 0 Å². The highest BCUT2D eigenvalue weighted by atomic mass is 35.5. The smallest absolute Gasteiger partial charge is 0.109 e. The van der Waals surface area contributed by atoms with E-state index in [0.29, 0.717) is 0 Å². The molecule has 0 saturated carbocycles. The Hall–Kier alpha value is 0.440. The standard InChI is InChI=1S/C8H17ClOS/c1-3-5-7-11(10)8(9)6-4-2/h8H,3-7H2,1-2H3/t8-,11+/m1/s1. The zero-order chi connectivity index (χ0) is 8.69. The second kappa shape index (κ2) is 7.11. The minimum absolute atomic E-state index is 0.119. The molecule has 2 atom stereocenters. The molecule has 0 heterocycles. The zero-order valence-electron chi connectivity index (χ0n) is 7.31. The van der Waals surface area contributed by atoms with E-state index in [1.165, 1.54) is 0 Å². The molecule has 0 radical (unpaired) electrons. The number of alkyl halides is 1. The van der Waals surface area contributed by atoms with E-state index >= 15 is 0 Å². The molecule has 0 saturated heterocycles. The van der Waals surface area contributed by atoms with Crippen molar-refractivity contribution >= 4 is 22.4 Å². The maximum Gasteiger partial charge on any atom is 0.109 e. The van der Waals surface area contributed by atoms with Crippen LogP contribution >= 0.6 is 11.6 Å². The van der Waals surface area contributed by atoms with Gasteiger partial charge in [-0.05, 0) is 12.8 Å². The van der Waals surface area contributed by atoms with Crippen molar-refractivity contribution in [3.63, 3.8) is 0 Å². The van der Waals surface area contributed by atoms with Crippen LogP contribution in [0.4, 0.5) is 0 Å². The quantitative estimate of drug-likeness (QED) is 0.598. The van der Waals surface area contributed by atoms with Crippen molar-refractivity contribution in [2.24, 2.45) is 0 Å². The van der Waals surface area contributed by atoms with Crippen molar-refractivity contribution < 1.29 is 4.21 Å². The minimum Gasteiger partial charge on any atom is -0.258 e. The molecule has 0 aliphatic heterocycles. The fraction of sp³-hybridized carbons (Fsp3) is 1.00. The van der Waals surface area contributed by atoms with E-state index < -0.39 is 10.8 Å². The molecule has 0 rings (SSSR count). The molecule has 0 aliphatic carbocycles.